The maximum Gasteiger partial charge on any atom is 0.262 e. The van der Waals surface area contributed by atoms with Gasteiger partial charge in [0.2, 0.25) is 5.91 Å². The molecular formula is C22H24BrN3O3S. The van der Waals surface area contributed by atoms with Crippen LogP contribution in [0.3, 0.4) is 0 Å². The molecule has 1 N–H and O–H groups in total. The lowest BCUT2D eigenvalue weighted by Gasteiger charge is -2.16. The van der Waals surface area contributed by atoms with Crippen LogP contribution in [0.25, 0.3) is 10.9 Å². The Morgan fingerprint density at radius 3 is 2.70 bits per heavy atom. The number of carbonyl (C=O) groups excluding carboxylic acids is 1. The first kappa shape index (κ1) is 22.5. The fraction of sp³-hybridized carbons (Fsp3) is 0.318. The summed E-state index contributed by atoms with van der Waals surface area (Å²) in [6.45, 7) is 5.04. The fourth-order valence-electron chi connectivity index (χ4n) is 2.89. The van der Waals surface area contributed by atoms with Gasteiger partial charge < -0.3 is 10.1 Å². The minimum atomic E-state index is -0.413. The number of hydrogen-bond acceptors (Lipinski definition) is 5. The summed E-state index contributed by atoms with van der Waals surface area (Å²) in [5.74, 6) is -0.107. The molecule has 1 aromatic heterocycles. The minimum absolute atomic E-state index is 0.107. The van der Waals surface area contributed by atoms with Gasteiger partial charge in [0.05, 0.1) is 29.3 Å². The molecule has 1 heterocycles. The molecular weight excluding hydrogens is 466 g/mol. The van der Waals surface area contributed by atoms with Crippen LogP contribution in [0.5, 0.6) is 0 Å². The molecule has 2 aromatic carbocycles. The van der Waals surface area contributed by atoms with Crippen molar-refractivity contribution in [2.75, 3.05) is 13.7 Å². The Morgan fingerprint density at radius 1 is 1.27 bits per heavy atom. The molecule has 0 saturated carbocycles. The van der Waals surface area contributed by atoms with Gasteiger partial charge in [-0.25, -0.2) is 4.98 Å². The fourth-order valence-corrected chi connectivity index (χ4v) is 4.21. The topological polar surface area (TPSA) is 73.2 Å². The van der Waals surface area contributed by atoms with Crippen molar-refractivity contribution >= 4 is 44.5 Å². The van der Waals surface area contributed by atoms with Crippen molar-refractivity contribution in [2.45, 2.75) is 37.3 Å². The molecule has 8 heteroatoms. The molecule has 1 amide bonds. The first-order chi connectivity index (χ1) is 14.4. The maximum atomic E-state index is 13.0. The van der Waals surface area contributed by atoms with E-state index in [-0.39, 0.29) is 11.5 Å². The van der Waals surface area contributed by atoms with Crippen LogP contribution in [0.15, 0.2) is 56.9 Å². The van der Waals surface area contributed by atoms with Crippen molar-refractivity contribution in [1.29, 1.82) is 0 Å². The molecule has 0 saturated heterocycles. The summed E-state index contributed by atoms with van der Waals surface area (Å²) in [6, 6.07) is 13.4. The van der Waals surface area contributed by atoms with Gasteiger partial charge >= 0.3 is 0 Å². The van der Waals surface area contributed by atoms with Crippen LogP contribution in [0.2, 0.25) is 0 Å². The van der Waals surface area contributed by atoms with E-state index in [1.165, 1.54) is 17.3 Å². The third-order valence-corrected chi connectivity index (χ3v) is 6.22. The van der Waals surface area contributed by atoms with Gasteiger partial charge in [-0.1, -0.05) is 57.5 Å². The first-order valence-corrected chi connectivity index (χ1v) is 11.2. The molecule has 1 atom stereocenters. The van der Waals surface area contributed by atoms with E-state index in [0.717, 1.165) is 10.0 Å². The van der Waals surface area contributed by atoms with E-state index in [2.05, 4.69) is 26.2 Å². The van der Waals surface area contributed by atoms with E-state index in [1.807, 2.05) is 44.2 Å². The van der Waals surface area contributed by atoms with Gasteiger partial charge in [-0.05, 0) is 37.6 Å². The lowest BCUT2D eigenvalue weighted by Crippen LogP contribution is -2.32. The summed E-state index contributed by atoms with van der Waals surface area (Å²) in [5, 5.41) is 3.58. The highest BCUT2D eigenvalue weighted by molar-refractivity contribution is 9.10. The van der Waals surface area contributed by atoms with Crippen molar-refractivity contribution in [2.24, 2.45) is 0 Å². The van der Waals surface area contributed by atoms with E-state index in [1.54, 1.807) is 23.8 Å². The van der Waals surface area contributed by atoms with Crippen LogP contribution in [0.1, 0.15) is 18.1 Å². The van der Waals surface area contributed by atoms with Crippen LogP contribution >= 0.6 is 27.7 Å². The molecule has 3 aromatic rings. The normalized spacial score (nSPS) is 12.1. The number of benzene rings is 2. The zero-order valence-corrected chi connectivity index (χ0v) is 19.5. The van der Waals surface area contributed by atoms with Gasteiger partial charge in [0, 0.05) is 18.1 Å². The Morgan fingerprint density at radius 2 is 2.00 bits per heavy atom. The van der Waals surface area contributed by atoms with E-state index in [9.17, 15) is 9.59 Å². The first-order valence-electron chi connectivity index (χ1n) is 9.58. The Hall–Kier alpha value is -2.16. The summed E-state index contributed by atoms with van der Waals surface area (Å²) < 4.78 is 7.55. The number of nitrogens with one attached hydrogen (secondary N) is 1. The minimum Gasteiger partial charge on any atom is -0.383 e. The molecule has 0 radical (unpaired) electrons. The number of methoxy groups -OCH3 is 1. The highest BCUT2D eigenvalue weighted by atomic mass is 79.9. The Bertz CT molecular complexity index is 1100. The molecule has 0 bridgehead atoms. The molecule has 0 aliphatic carbocycles. The lowest BCUT2D eigenvalue weighted by atomic mass is 10.1. The van der Waals surface area contributed by atoms with E-state index in [0.29, 0.717) is 35.8 Å². The molecule has 0 fully saturated rings. The summed E-state index contributed by atoms with van der Waals surface area (Å²) in [5.41, 5.74) is 2.68. The van der Waals surface area contributed by atoms with Gasteiger partial charge in [-0.2, -0.15) is 0 Å². The monoisotopic (exact) mass is 489 g/mol. The second-order valence-corrected chi connectivity index (χ2v) is 9.19. The van der Waals surface area contributed by atoms with Gasteiger partial charge in [0.25, 0.3) is 5.56 Å². The quantitative estimate of drug-likeness (QED) is 0.383. The standard InChI is InChI=1S/C22H24BrN3O3S/c1-14-4-6-16(7-5-14)13-24-20(27)15(2)30-22-25-19-9-8-17(23)12-18(19)21(28)26(22)10-11-29-3/h4-9,12,15H,10-11,13H2,1-3H3,(H,24,27). The summed E-state index contributed by atoms with van der Waals surface area (Å²) >= 11 is 4.68. The highest BCUT2D eigenvalue weighted by Crippen LogP contribution is 2.24. The molecule has 30 heavy (non-hydrogen) atoms. The Labute approximate surface area is 188 Å². The smallest absolute Gasteiger partial charge is 0.262 e. The van der Waals surface area contributed by atoms with Crippen LogP contribution in [0.4, 0.5) is 0 Å². The van der Waals surface area contributed by atoms with E-state index >= 15 is 0 Å². The number of rotatable bonds is 8. The van der Waals surface area contributed by atoms with Gasteiger partial charge in [-0.15, -0.1) is 0 Å². The molecule has 3 rings (SSSR count). The van der Waals surface area contributed by atoms with E-state index < -0.39 is 5.25 Å². The second-order valence-electron chi connectivity index (χ2n) is 6.97. The number of halogens is 1. The largest absolute Gasteiger partial charge is 0.383 e. The number of nitrogens with zero attached hydrogens (tertiary/aromatic N) is 2. The molecule has 0 aliphatic heterocycles. The van der Waals surface area contributed by atoms with Gasteiger partial charge in [0.15, 0.2) is 5.16 Å². The number of fused-ring (bicyclic) bond motifs is 1. The highest BCUT2D eigenvalue weighted by Gasteiger charge is 2.19. The maximum absolute atomic E-state index is 13.0. The molecule has 158 valence electrons. The third-order valence-electron chi connectivity index (χ3n) is 4.64. The number of amides is 1. The predicted molar refractivity (Wildman–Crippen MR) is 124 cm³/mol. The number of aromatic nitrogens is 2. The predicted octanol–water partition coefficient (Wildman–Crippen LogP) is 3.91. The third kappa shape index (κ3) is 5.50. The Kier molecular flexibility index (Phi) is 7.69. The Balaban J connectivity index is 1.80. The SMILES string of the molecule is COCCn1c(SC(C)C(=O)NCc2ccc(C)cc2)nc2ccc(Br)cc2c1=O. The average molecular weight is 490 g/mol. The number of carbonyl (C=O) groups is 1. The molecule has 6 nitrogen and oxygen atoms in total. The zero-order valence-electron chi connectivity index (χ0n) is 17.1. The van der Waals surface area contributed by atoms with Crippen molar-refractivity contribution < 1.29 is 9.53 Å². The van der Waals surface area contributed by atoms with Crippen molar-refractivity contribution in [3.05, 3.63) is 68.4 Å². The molecule has 0 aliphatic rings. The summed E-state index contributed by atoms with van der Waals surface area (Å²) in [7, 11) is 1.59. The number of thioether (sulfide) groups is 1. The van der Waals surface area contributed by atoms with E-state index in [4.69, 9.17) is 4.74 Å². The number of aryl methyl sites for hydroxylation is 1. The van der Waals surface area contributed by atoms with Crippen LogP contribution < -0.4 is 10.9 Å². The van der Waals surface area contributed by atoms with Crippen LogP contribution in [-0.2, 0) is 22.6 Å². The van der Waals surface area contributed by atoms with Crippen molar-refractivity contribution in [3.8, 4) is 0 Å². The molecule has 0 spiro atoms. The van der Waals surface area contributed by atoms with Gasteiger partial charge in [-0.3, -0.25) is 14.2 Å². The summed E-state index contributed by atoms with van der Waals surface area (Å²) in [4.78, 5) is 30.3. The van der Waals surface area contributed by atoms with Crippen molar-refractivity contribution in [3.63, 3.8) is 0 Å². The average Bonchev–Trinajstić information content (AvgIpc) is 2.73. The number of ether oxygens (including phenoxy) is 1. The number of hydrogen-bond donors (Lipinski definition) is 1. The second kappa shape index (κ2) is 10.2. The van der Waals surface area contributed by atoms with Crippen LogP contribution in [-0.4, -0.2) is 34.4 Å². The van der Waals surface area contributed by atoms with Gasteiger partial charge in [0.1, 0.15) is 0 Å². The summed E-state index contributed by atoms with van der Waals surface area (Å²) in [6.07, 6.45) is 0. The zero-order chi connectivity index (χ0) is 21.7. The van der Waals surface area contributed by atoms with Crippen molar-refractivity contribution in [1.82, 2.24) is 14.9 Å². The van der Waals surface area contributed by atoms with Crippen LogP contribution in [0, 0.1) is 6.92 Å². The lowest BCUT2D eigenvalue weighted by molar-refractivity contribution is -0.120. The molecule has 1 unspecified atom stereocenters.